The molecule has 0 fully saturated rings. The van der Waals surface area contributed by atoms with E-state index in [2.05, 4.69) is 9.24 Å². The summed E-state index contributed by atoms with van der Waals surface area (Å²) in [7, 11) is 7.79. The summed E-state index contributed by atoms with van der Waals surface area (Å²) < 4.78 is 0. The molecule has 0 saturated carbocycles. The zero-order valence-corrected chi connectivity index (χ0v) is 5.99. The molecule has 0 saturated heterocycles. The summed E-state index contributed by atoms with van der Waals surface area (Å²) in [6, 6.07) is 4.92. The van der Waals surface area contributed by atoms with Crippen molar-refractivity contribution in [1.29, 1.82) is 0 Å². The largest absolute Gasteiger partial charge is 0.507 e. The highest BCUT2D eigenvalue weighted by Crippen LogP contribution is 2.04. The molecule has 0 spiro atoms. The van der Waals surface area contributed by atoms with E-state index in [0.717, 1.165) is 5.30 Å². The highest BCUT2D eigenvalue weighted by atomic mass is 31.0. The maximum atomic E-state index is 8.97. The van der Waals surface area contributed by atoms with Gasteiger partial charge in [-0.3, -0.25) is 0 Å². The third-order valence-corrected chi connectivity index (χ3v) is 1.51. The second-order valence-electron chi connectivity index (χ2n) is 1.82. The van der Waals surface area contributed by atoms with Gasteiger partial charge in [0.15, 0.2) is 0 Å². The lowest BCUT2D eigenvalue weighted by Crippen LogP contribution is -2.06. The first kappa shape index (κ1) is 6.63. The standard InChI is InChI=1S/C6H6BOP/c7-4-1-2-5(8)6(9)3-4/h1-3,8H,9H2. The number of benzene rings is 1. The summed E-state index contributed by atoms with van der Waals surface area (Å²) >= 11 is 0. The summed E-state index contributed by atoms with van der Waals surface area (Å²) in [5.74, 6) is 0.259. The van der Waals surface area contributed by atoms with E-state index in [0.29, 0.717) is 5.46 Å². The molecule has 1 atom stereocenters. The Hall–Kier alpha value is -0.485. The first-order valence-corrected chi connectivity index (χ1v) is 3.12. The van der Waals surface area contributed by atoms with Gasteiger partial charge in [0.1, 0.15) is 13.6 Å². The molecular weight excluding hydrogens is 130 g/mol. The van der Waals surface area contributed by atoms with Gasteiger partial charge >= 0.3 is 0 Å². The zero-order chi connectivity index (χ0) is 6.85. The van der Waals surface area contributed by atoms with E-state index in [9.17, 15) is 0 Å². The van der Waals surface area contributed by atoms with Crippen molar-refractivity contribution < 1.29 is 5.11 Å². The van der Waals surface area contributed by atoms with Crippen molar-refractivity contribution in [2.45, 2.75) is 0 Å². The molecule has 1 aromatic carbocycles. The van der Waals surface area contributed by atoms with E-state index in [1.165, 1.54) is 0 Å². The smallest absolute Gasteiger partial charge is 0.122 e. The molecule has 0 heterocycles. The van der Waals surface area contributed by atoms with Crippen LogP contribution in [-0.2, 0) is 0 Å². The van der Waals surface area contributed by atoms with Crippen molar-refractivity contribution in [3.63, 3.8) is 0 Å². The van der Waals surface area contributed by atoms with Crippen LogP contribution in [0.25, 0.3) is 0 Å². The molecule has 0 amide bonds. The molecule has 2 radical (unpaired) electrons. The maximum Gasteiger partial charge on any atom is 0.122 e. The van der Waals surface area contributed by atoms with Crippen LogP contribution in [0.3, 0.4) is 0 Å². The van der Waals surface area contributed by atoms with Gasteiger partial charge in [-0.05, 0) is 6.07 Å². The first-order chi connectivity index (χ1) is 4.20. The Kier molecular flexibility index (Phi) is 1.77. The number of phenolic OH excluding ortho intramolecular Hbond substituents is 1. The first-order valence-electron chi connectivity index (χ1n) is 2.54. The second-order valence-corrected chi connectivity index (χ2v) is 2.44. The molecule has 9 heavy (non-hydrogen) atoms. The van der Waals surface area contributed by atoms with E-state index in [1.54, 1.807) is 18.2 Å². The van der Waals surface area contributed by atoms with Crippen molar-refractivity contribution >= 4 is 27.9 Å². The third kappa shape index (κ3) is 1.46. The molecule has 1 aromatic rings. The molecule has 1 rings (SSSR count). The van der Waals surface area contributed by atoms with Crippen molar-refractivity contribution in [1.82, 2.24) is 0 Å². The van der Waals surface area contributed by atoms with Crippen LogP contribution in [0.1, 0.15) is 0 Å². The van der Waals surface area contributed by atoms with Gasteiger partial charge in [0, 0.05) is 5.30 Å². The summed E-state index contributed by atoms with van der Waals surface area (Å²) in [4.78, 5) is 0. The van der Waals surface area contributed by atoms with E-state index in [1.807, 2.05) is 0 Å². The fourth-order valence-corrected chi connectivity index (χ4v) is 0.862. The minimum Gasteiger partial charge on any atom is -0.507 e. The van der Waals surface area contributed by atoms with Gasteiger partial charge in [-0.15, -0.1) is 9.24 Å². The van der Waals surface area contributed by atoms with Crippen LogP contribution in [0.5, 0.6) is 5.75 Å². The van der Waals surface area contributed by atoms with Crippen LogP contribution in [-0.4, -0.2) is 13.0 Å². The monoisotopic (exact) mass is 136 g/mol. The number of aromatic hydroxyl groups is 1. The number of rotatable bonds is 0. The normalized spacial score (nSPS) is 9.44. The minimum atomic E-state index is 0.259. The average Bonchev–Trinajstić information content (AvgIpc) is 1.80. The van der Waals surface area contributed by atoms with Gasteiger partial charge in [0.05, 0.1) is 0 Å². The van der Waals surface area contributed by atoms with Crippen molar-refractivity contribution in [2.75, 3.05) is 0 Å². The quantitative estimate of drug-likeness (QED) is 0.383. The van der Waals surface area contributed by atoms with E-state index in [4.69, 9.17) is 13.0 Å². The van der Waals surface area contributed by atoms with Crippen molar-refractivity contribution in [2.24, 2.45) is 0 Å². The van der Waals surface area contributed by atoms with Crippen LogP contribution in [0.2, 0.25) is 0 Å². The van der Waals surface area contributed by atoms with E-state index < -0.39 is 0 Å². The second kappa shape index (κ2) is 2.41. The van der Waals surface area contributed by atoms with Crippen molar-refractivity contribution in [3.8, 4) is 5.75 Å². The van der Waals surface area contributed by atoms with Gasteiger partial charge in [-0.1, -0.05) is 17.6 Å². The highest BCUT2D eigenvalue weighted by molar-refractivity contribution is 7.27. The third-order valence-electron chi connectivity index (χ3n) is 1.05. The Morgan fingerprint density at radius 3 is 2.56 bits per heavy atom. The summed E-state index contributed by atoms with van der Waals surface area (Å²) in [5.41, 5.74) is 0.665. The zero-order valence-electron chi connectivity index (χ0n) is 4.83. The Balaban J connectivity index is 3.17. The summed E-state index contributed by atoms with van der Waals surface area (Å²) in [6.45, 7) is 0. The van der Waals surface area contributed by atoms with Crippen LogP contribution < -0.4 is 10.8 Å². The number of hydrogen-bond acceptors (Lipinski definition) is 1. The lowest BCUT2D eigenvalue weighted by Gasteiger charge is -1.97. The molecule has 0 bridgehead atoms. The highest BCUT2D eigenvalue weighted by Gasteiger charge is 1.91. The van der Waals surface area contributed by atoms with Crippen LogP contribution >= 0.6 is 9.24 Å². The predicted molar refractivity (Wildman–Crippen MR) is 42.8 cm³/mol. The van der Waals surface area contributed by atoms with Gasteiger partial charge in [0.2, 0.25) is 0 Å². The Bertz CT molecular complexity index is 224. The number of phenols is 1. The minimum absolute atomic E-state index is 0.259. The van der Waals surface area contributed by atoms with Crippen LogP contribution in [0.4, 0.5) is 0 Å². The molecule has 1 unspecified atom stereocenters. The Morgan fingerprint density at radius 1 is 1.44 bits per heavy atom. The molecule has 44 valence electrons. The Labute approximate surface area is 57.7 Å². The lowest BCUT2D eigenvalue weighted by molar-refractivity contribution is 0.480. The maximum absolute atomic E-state index is 8.97. The topological polar surface area (TPSA) is 20.2 Å². The number of hydrogen-bond donors (Lipinski definition) is 1. The summed E-state index contributed by atoms with van der Waals surface area (Å²) in [5, 5.41) is 9.70. The molecule has 0 aromatic heterocycles. The van der Waals surface area contributed by atoms with Crippen LogP contribution in [0.15, 0.2) is 18.2 Å². The van der Waals surface area contributed by atoms with Gasteiger partial charge in [-0.25, -0.2) is 0 Å². The summed E-state index contributed by atoms with van der Waals surface area (Å²) in [6.07, 6.45) is 0. The van der Waals surface area contributed by atoms with E-state index in [-0.39, 0.29) is 5.75 Å². The van der Waals surface area contributed by atoms with E-state index >= 15 is 0 Å². The molecule has 0 aliphatic carbocycles. The average molecular weight is 136 g/mol. The lowest BCUT2D eigenvalue weighted by atomic mass is 9.97. The van der Waals surface area contributed by atoms with Gasteiger partial charge < -0.3 is 5.11 Å². The van der Waals surface area contributed by atoms with Crippen LogP contribution in [0, 0.1) is 0 Å². The molecular formula is C6H6BOP. The Morgan fingerprint density at radius 2 is 2.11 bits per heavy atom. The van der Waals surface area contributed by atoms with Crippen molar-refractivity contribution in [3.05, 3.63) is 18.2 Å². The predicted octanol–water partition coefficient (Wildman–Crippen LogP) is -0.314. The molecule has 0 aliphatic rings. The van der Waals surface area contributed by atoms with Gasteiger partial charge in [-0.2, -0.15) is 0 Å². The molecule has 1 N–H and O–H groups in total. The SMILES string of the molecule is [B]c1ccc(O)c(P)c1. The molecule has 0 aliphatic heterocycles. The fourth-order valence-electron chi connectivity index (χ4n) is 0.573. The fraction of sp³-hybridized carbons (Fsp3) is 0. The molecule has 3 heteroatoms. The molecule has 1 nitrogen and oxygen atoms in total. The van der Waals surface area contributed by atoms with Gasteiger partial charge in [0.25, 0.3) is 0 Å².